The average molecular weight is 548 g/mol. The Hall–Kier alpha value is -5.04. The zero-order valence-electron chi connectivity index (χ0n) is 23.7. The number of nitrogens with one attached hydrogen (secondary N) is 1. The van der Waals surface area contributed by atoms with Gasteiger partial charge in [-0.05, 0) is 54.4 Å². The van der Waals surface area contributed by atoms with Crippen LogP contribution >= 0.6 is 0 Å². The summed E-state index contributed by atoms with van der Waals surface area (Å²) in [7, 11) is 3.47. The van der Waals surface area contributed by atoms with Crippen molar-refractivity contribution in [2.45, 2.75) is 19.9 Å². The van der Waals surface area contributed by atoms with Gasteiger partial charge in [0.05, 0.1) is 22.9 Å². The number of nitrogens with zero attached hydrogens (tertiary/aromatic N) is 8. The van der Waals surface area contributed by atoms with E-state index >= 15 is 0 Å². The number of pyridine rings is 1. The lowest BCUT2D eigenvalue weighted by Crippen LogP contribution is -2.58. The number of guanidine groups is 1. The maximum absolute atomic E-state index is 12.2. The molecule has 2 aromatic carbocycles. The second kappa shape index (κ2) is 12.0. The molecular weight excluding hydrogens is 514 g/mol. The van der Waals surface area contributed by atoms with Crippen LogP contribution in [0.4, 0.5) is 11.5 Å². The SMILES string of the molecule is CC(C)C1CN(c2ccc(-c3ccc(C(=O)N(C)C)cc3)nn2)CCN1/C(=N\C#N)Nc1cccc2ncccc12. The van der Waals surface area contributed by atoms with Gasteiger partial charge in [0.25, 0.3) is 5.91 Å². The third-order valence-corrected chi connectivity index (χ3v) is 7.32. The predicted octanol–water partition coefficient (Wildman–Crippen LogP) is 4.49. The summed E-state index contributed by atoms with van der Waals surface area (Å²) >= 11 is 0. The van der Waals surface area contributed by atoms with E-state index in [1.54, 1.807) is 25.2 Å². The maximum atomic E-state index is 12.2. The van der Waals surface area contributed by atoms with E-state index in [0.717, 1.165) is 33.7 Å². The Morgan fingerprint density at radius 2 is 1.85 bits per heavy atom. The van der Waals surface area contributed by atoms with E-state index in [-0.39, 0.29) is 17.9 Å². The highest BCUT2D eigenvalue weighted by Crippen LogP contribution is 2.26. The van der Waals surface area contributed by atoms with Crippen molar-refractivity contribution in [1.82, 2.24) is 25.0 Å². The van der Waals surface area contributed by atoms with E-state index in [1.165, 1.54) is 0 Å². The Labute approximate surface area is 240 Å². The number of benzene rings is 2. The first-order chi connectivity index (χ1) is 19.9. The molecule has 1 atom stereocenters. The first-order valence-corrected chi connectivity index (χ1v) is 13.6. The molecule has 1 saturated heterocycles. The first-order valence-electron chi connectivity index (χ1n) is 13.6. The normalized spacial score (nSPS) is 15.6. The summed E-state index contributed by atoms with van der Waals surface area (Å²) in [4.78, 5) is 26.8. The molecular formula is C31H33N9O. The van der Waals surface area contributed by atoms with E-state index in [4.69, 9.17) is 0 Å². The number of rotatable bonds is 5. The smallest absolute Gasteiger partial charge is 0.253 e. The Bertz CT molecular complexity index is 1590. The van der Waals surface area contributed by atoms with Gasteiger partial charge in [0.15, 0.2) is 5.82 Å². The van der Waals surface area contributed by atoms with Gasteiger partial charge in [0.2, 0.25) is 12.2 Å². The Balaban J connectivity index is 1.32. The molecule has 0 saturated carbocycles. The highest BCUT2D eigenvalue weighted by atomic mass is 16.2. The summed E-state index contributed by atoms with van der Waals surface area (Å²) in [5.41, 5.74) is 4.01. The van der Waals surface area contributed by atoms with Gasteiger partial charge in [0, 0.05) is 56.4 Å². The molecule has 1 fully saturated rings. The van der Waals surface area contributed by atoms with Crippen LogP contribution in [-0.4, -0.2) is 76.6 Å². The van der Waals surface area contributed by atoms with E-state index in [0.29, 0.717) is 31.2 Å². The van der Waals surface area contributed by atoms with Crippen molar-refractivity contribution in [3.05, 3.63) is 78.5 Å². The number of aromatic nitrogens is 3. The Morgan fingerprint density at radius 1 is 1.05 bits per heavy atom. The number of fused-ring (bicyclic) bond motifs is 1. The minimum Gasteiger partial charge on any atom is -0.351 e. The topological polar surface area (TPSA) is 114 Å². The number of hydrogen-bond donors (Lipinski definition) is 1. The van der Waals surface area contributed by atoms with Crippen LogP contribution in [0.3, 0.4) is 0 Å². The van der Waals surface area contributed by atoms with Crippen molar-refractivity contribution in [2.75, 3.05) is 43.9 Å². The average Bonchev–Trinajstić information content (AvgIpc) is 3.00. The fraction of sp³-hybridized carbons (Fsp3) is 0.290. The number of piperazine rings is 1. The lowest BCUT2D eigenvalue weighted by molar-refractivity contribution is 0.0827. The molecule has 1 aliphatic rings. The van der Waals surface area contributed by atoms with Gasteiger partial charge in [-0.15, -0.1) is 15.2 Å². The summed E-state index contributed by atoms with van der Waals surface area (Å²) in [5, 5.41) is 23.0. The minimum atomic E-state index is -0.0378. The van der Waals surface area contributed by atoms with Crippen LogP contribution in [0.1, 0.15) is 24.2 Å². The standard InChI is InChI=1S/C31H33N9O/c1-21(2)28-19-39(29-15-14-25(36-37-29)22-10-12-23(13-11-22)30(41)38(3)4)17-18-40(28)31(34-20-32)35-27-9-5-8-26-24(27)7-6-16-33-26/h5-16,21,28H,17-19H2,1-4H3,(H,34,35). The van der Waals surface area contributed by atoms with Crippen LogP contribution in [0.15, 0.2) is 77.9 Å². The molecule has 1 N–H and O–H groups in total. The first kappa shape index (κ1) is 27.5. The van der Waals surface area contributed by atoms with Gasteiger partial charge in [-0.3, -0.25) is 9.78 Å². The molecule has 4 aromatic rings. The molecule has 10 heteroatoms. The van der Waals surface area contributed by atoms with Crippen LogP contribution in [0.2, 0.25) is 0 Å². The third-order valence-electron chi connectivity index (χ3n) is 7.32. The molecule has 0 radical (unpaired) electrons. The van der Waals surface area contributed by atoms with Crippen molar-refractivity contribution in [2.24, 2.45) is 10.9 Å². The molecule has 0 aliphatic carbocycles. The summed E-state index contributed by atoms with van der Waals surface area (Å²) in [6.07, 6.45) is 3.75. The van der Waals surface area contributed by atoms with E-state index in [1.807, 2.05) is 72.9 Å². The molecule has 208 valence electrons. The minimum absolute atomic E-state index is 0.0378. The zero-order valence-corrected chi connectivity index (χ0v) is 23.7. The molecule has 0 spiro atoms. The second-order valence-electron chi connectivity index (χ2n) is 10.5. The van der Waals surface area contributed by atoms with Gasteiger partial charge in [-0.25, -0.2) is 0 Å². The molecule has 5 rings (SSSR count). The van der Waals surface area contributed by atoms with Gasteiger partial charge < -0.3 is 20.0 Å². The van der Waals surface area contributed by atoms with Crippen molar-refractivity contribution in [1.29, 1.82) is 5.26 Å². The maximum Gasteiger partial charge on any atom is 0.253 e. The number of aliphatic imine (C=N–C) groups is 1. The van der Waals surface area contributed by atoms with Crippen molar-refractivity contribution < 1.29 is 4.79 Å². The zero-order chi connectivity index (χ0) is 28.9. The molecule has 3 heterocycles. The number of anilines is 2. The largest absolute Gasteiger partial charge is 0.351 e. The van der Waals surface area contributed by atoms with E-state index in [9.17, 15) is 10.1 Å². The van der Waals surface area contributed by atoms with Gasteiger partial charge in [-0.1, -0.05) is 32.0 Å². The van der Waals surface area contributed by atoms with Gasteiger partial charge >= 0.3 is 0 Å². The molecule has 1 aliphatic heterocycles. The summed E-state index contributed by atoms with van der Waals surface area (Å²) < 4.78 is 0. The number of hydrogen-bond acceptors (Lipinski definition) is 7. The molecule has 0 bridgehead atoms. The lowest BCUT2D eigenvalue weighted by Gasteiger charge is -2.44. The predicted molar refractivity (Wildman–Crippen MR) is 161 cm³/mol. The highest BCUT2D eigenvalue weighted by Gasteiger charge is 2.32. The van der Waals surface area contributed by atoms with Crippen molar-refractivity contribution >= 4 is 34.3 Å². The summed E-state index contributed by atoms with van der Waals surface area (Å²) in [6.45, 7) is 6.40. The van der Waals surface area contributed by atoms with Crippen molar-refractivity contribution in [3.8, 4) is 17.5 Å². The monoisotopic (exact) mass is 547 g/mol. The molecule has 1 unspecified atom stereocenters. The fourth-order valence-electron chi connectivity index (χ4n) is 5.09. The molecule has 41 heavy (non-hydrogen) atoms. The van der Waals surface area contributed by atoms with Crippen LogP contribution in [0.25, 0.3) is 22.2 Å². The van der Waals surface area contributed by atoms with Gasteiger partial charge in [-0.2, -0.15) is 5.26 Å². The Kier molecular flexibility index (Phi) is 8.06. The van der Waals surface area contributed by atoms with Crippen LogP contribution in [0, 0.1) is 17.4 Å². The second-order valence-corrected chi connectivity index (χ2v) is 10.5. The highest BCUT2D eigenvalue weighted by molar-refractivity contribution is 6.02. The molecule has 2 aromatic heterocycles. The van der Waals surface area contributed by atoms with Crippen molar-refractivity contribution in [3.63, 3.8) is 0 Å². The quantitative estimate of drug-likeness (QED) is 0.221. The van der Waals surface area contributed by atoms with E-state index < -0.39 is 0 Å². The molecule has 10 nitrogen and oxygen atoms in total. The van der Waals surface area contributed by atoms with Gasteiger partial charge in [0.1, 0.15) is 0 Å². The number of amides is 1. The number of carbonyl (C=O) groups is 1. The number of nitriles is 1. The summed E-state index contributed by atoms with van der Waals surface area (Å²) in [5.74, 6) is 1.57. The molecule has 1 amide bonds. The number of carbonyl (C=O) groups excluding carboxylic acids is 1. The lowest BCUT2D eigenvalue weighted by atomic mass is 9.99. The van der Waals surface area contributed by atoms with E-state index in [2.05, 4.69) is 49.1 Å². The summed E-state index contributed by atoms with van der Waals surface area (Å²) in [6, 6.07) is 21.2. The van der Waals surface area contributed by atoms with Crippen LogP contribution in [0.5, 0.6) is 0 Å². The van der Waals surface area contributed by atoms with Crippen LogP contribution in [-0.2, 0) is 0 Å². The van der Waals surface area contributed by atoms with Crippen LogP contribution < -0.4 is 10.2 Å². The fourth-order valence-corrected chi connectivity index (χ4v) is 5.09. The Morgan fingerprint density at radius 3 is 2.54 bits per heavy atom. The third kappa shape index (κ3) is 5.94.